The summed E-state index contributed by atoms with van der Waals surface area (Å²) in [6, 6.07) is 10.3. The van der Waals surface area contributed by atoms with Gasteiger partial charge in [0, 0.05) is 6.10 Å². The van der Waals surface area contributed by atoms with E-state index in [0.29, 0.717) is 0 Å². The van der Waals surface area contributed by atoms with Crippen LogP contribution in [0.25, 0.3) is 0 Å². The van der Waals surface area contributed by atoms with Crippen LogP contribution in [0.3, 0.4) is 0 Å². The van der Waals surface area contributed by atoms with Crippen molar-refractivity contribution in [2.75, 3.05) is 0 Å². The van der Waals surface area contributed by atoms with Crippen molar-refractivity contribution in [3.8, 4) is 0 Å². The van der Waals surface area contributed by atoms with Gasteiger partial charge in [0.15, 0.2) is 0 Å². The van der Waals surface area contributed by atoms with E-state index in [2.05, 4.69) is 32.2 Å². The zero-order valence-electron chi connectivity index (χ0n) is 8.83. The SMILES string of the molecule is C=C.CC(C)O.Cc1ccccc1. The van der Waals surface area contributed by atoms with Gasteiger partial charge in [-0.3, -0.25) is 0 Å². The molecule has 1 rings (SSSR count). The van der Waals surface area contributed by atoms with Crippen LogP contribution in [0.4, 0.5) is 0 Å². The third-order valence-corrected chi connectivity index (χ3v) is 0.940. The fraction of sp³-hybridized carbons (Fsp3) is 0.333. The lowest BCUT2D eigenvalue weighted by Crippen LogP contribution is -1.85. The standard InChI is InChI=1S/C7H8.C3H8O.C2H4/c1-7-5-3-2-4-6-7;1-3(2)4;1-2/h2-6H,1H3;3-4H,1-2H3;1-2H2. The van der Waals surface area contributed by atoms with Gasteiger partial charge in [0.25, 0.3) is 0 Å². The second kappa shape index (κ2) is 10.9. The molecule has 1 aromatic carbocycles. The maximum absolute atomic E-state index is 8.06. The van der Waals surface area contributed by atoms with Crippen LogP contribution in [-0.2, 0) is 0 Å². The first-order chi connectivity index (χ1) is 6.13. The lowest BCUT2D eigenvalue weighted by molar-refractivity contribution is 0.216. The smallest absolute Gasteiger partial charge is 0.0483 e. The van der Waals surface area contributed by atoms with Crippen molar-refractivity contribution in [3.05, 3.63) is 49.1 Å². The molecule has 0 saturated heterocycles. The maximum Gasteiger partial charge on any atom is 0.0483 e. The molecule has 0 aliphatic rings. The third-order valence-electron chi connectivity index (χ3n) is 0.940. The Hall–Kier alpha value is -1.08. The normalized spacial score (nSPS) is 7.77. The molecule has 0 radical (unpaired) electrons. The summed E-state index contributed by atoms with van der Waals surface area (Å²) < 4.78 is 0. The quantitative estimate of drug-likeness (QED) is 0.608. The maximum atomic E-state index is 8.06. The van der Waals surface area contributed by atoms with Crippen LogP contribution >= 0.6 is 0 Å². The van der Waals surface area contributed by atoms with Crippen LogP contribution in [-0.4, -0.2) is 11.2 Å². The first-order valence-corrected chi connectivity index (χ1v) is 4.32. The molecular formula is C12H20O. The number of aliphatic hydroxyl groups excluding tert-OH is 1. The average molecular weight is 180 g/mol. The summed E-state index contributed by atoms with van der Waals surface area (Å²) in [6.07, 6.45) is -0.167. The molecule has 0 atom stereocenters. The van der Waals surface area contributed by atoms with E-state index < -0.39 is 0 Å². The van der Waals surface area contributed by atoms with Crippen molar-refractivity contribution in [2.24, 2.45) is 0 Å². The predicted molar refractivity (Wildman–Crippen MR) is 59.8 cm³/mol. The minimum Gasteiger partial charge on any atom is -0.394 e. The van der Waals surface area contributed by atoms with Crippen molar-refractivity contribution in [1.82, 2.24) is 0 Å². The average Bonchev–Trinajstić information content (AvgIpc) is 2.08. The van der Waals surface area contributed by atoms with Gasteiger partial charge in [0.2, 0.25) is 0 Å². The van der Waals surface area contributed by atoms with Crippen LogP contribution in [0.2, 0.25) is 0 Å². The van der Waals surface area contributed by atoms with E-state index in [4.69, 9.17) is 5.11 Å². The molecule has 0 spiro atoms. The topological polar surface area (TPSA) is 20.2 Å². The van der Waals surface area contributed by atoms with Gasteiger partial charge in [-0.15, -0.1) is 13.2 Å². The zero-order valence-corrected chi connectivity index (χ0v) is 8.83. The van der Waals surface area contributed by atoms with Gasteiger partial charge >= 0.3 is 0 Å². The molecule has 0 amide bonds. The Morgan fingerprint density at radius 3 is 1.54 bits per heavy atom. The molecule has 1 heteroatoms. The highest BCUT2D eigenvalue weighted by atomic mass is 16.3. The van der Waals surface area contributed by atoms with E-state index >= 15 is 0 Å². The second-order valence-corrected chi connectivity index (χ2v) is 2.75. The van der Waals surface area contributed by atoms with Gasteiger partial charge in [0.05, 0.1) is 0 Å². The number of aliphatic hydroxyl groups is 1. The summed E-state index contributed by atoms with van der Waals surface area (Å²) in [6.45, 7) is 11.5. The fourth-order valence-electron chi connectivity index (χ4n) is 0.534. The van der Waals surface area contributed by atoms with E-state index in [1.807, 2.05) is 18.2 Å². The number of benzene rings is 1. The minimum atomic E-state index is -0.167. The fourth-order valence-corrected chi connectivity index (χ4v) is 0.534. The van der Waals surface area contributed by atoms with Gasteiger partial charge in [-0.25, -0.2) is 0 Å². The highest BCUT2D eigenvalue weighted by Gasteiger charge is 1.72. The molecule has 0 unspecified atom stereocenters. The molecule has 1 nitrogen and oxygen atoms in total. The molecule has 1 N–H and O–H groups in total. The van der Waals surface area contributed by atoms with Crippen molar-refractivity contribution < 1.29 is 5.11 Å². The highest BCUT2D eigenvalue weighted by Crippen LogP contribution is 1.92. The summed E-state index contributed by atoms with van der Waals surface area (Å²) in [7, 11) is 0. The predicted octanol–water partition coefficient (Wildman–Crippen LogP) is 3.18. The van der Waals surface area contributed by atoms with Gasteiger partial charge in [-0.2, -0.15) is 0 Å². The Balaban J connectivity index is 0. The lowest BCUT2D eigenvalue weighted by atomic mass is 10.2. The Morgan fingerprint density at radius 2 is 1.38 bits per heavy atom. The third kappa shape index (κ3) is 18.1. The zero-order chi connectivity index (χ0) is 10.7. The van der Waals surface area contributed by atoms with E-state index in [9.17, 15) is 0 Å². The van der Waals surface area contributed by atoms with Crippen LogP contribution in [0.1, 0.15) is 19.4 Å². The highest BCUT2D eigenvalue weighted by molar-refractivity contribution is 5.11. The van der Waals surface area contributed by atoms with Gasteiger partial charge in [-0.1, -0.05) is 35.9 Å². The van der Waals surface area contributed by atoms with Crippen molar-refractivity contribution in [2.45, 2.75) is 26.9 Å². The molecule has 13 heavy (non-hydrogen) atoms. The number of hydrogen-bond donors (Lipinski definition) is 1. The Kier molecular flexibility index (Phi) is 12.1. The van der Waals surface area contributed by atoms with Crippen molar-refractivity contribution in [3.63, 3.8) is 0 Å². The number of aryl methyl sites for hydroxylation is 1. The van der Waals surface area contributed by atoms with Crippen LogP contribution in [0.5, 0.6) is 0 Å². The Labute approximate surface area is 81.7 Å². The van der Waals surface area contributed by atoms with Crippen molar-refractivity contribution in [1.29, 1.82) is 0 Å². The molecule has 0 heterocycles. The molecule has 0 aromatic heterocycles. The summed E-state index contributed by atoms with van der Waals surface area (Å²) in [5.41, 5.74) is 1.32. The second-order valence-electron chi connectivity index (χ2n) is 2.75. The number of hydrogen-bond acceptors (Lipinski definition) is 1. The molecule has 74 valence electrons. The molecule has 0 saturated carbocycles. The number of rotatable bonds is 0. The van der Waals surface area contributed by atoms with Gasteiger partial charge in [-0.05, 0) is 20.8 Å². The lowest BCUT2D eigenvalue weighted by Gasteiger charge is -1.82. The molecule has 1 aromatic rings. The molecule has 0 aliphatic heterocycles. The molecule has 0 bridgehead atoms. The molecular weight excluding hydrogens is 160 g/mol. The molecule has 0 fully saturated rings. The monoisotopic (exact) mass is 180 g/mol. The van der Waals surface area contributed by atoms with E-state index in [-0.39, 0.29) is 6.10 Å². The summed E-state index contributed by atoms with van der Waals surface area (Å²) in [4.78, 5) is 0. The van der Waals surface area contributed by atoms with Gasteiger partial charge < -0.3 is 5.11 Å². The van der Waals surface area contributed by atoms with Crippen LogP contribution < -0.4 is 0 Å². The molecule has 0 aliphatic carbocycles. The van der Waals surface area contributed by atoms with Crippen LogP contribution in [0.15, 0.2) is 43.5 Å². The minimum absolute atomic E-state index is 0.167. The summed E-state index contributed by atoms with van der Waals surface area (Å²) in [5.74, 6) is 0. The summed E-state index contributed by atoms with van der Waals surface area (Å²) in [5, 5.41) is 8.06. The first-order valence-electron chi connectivity index (χ1n) is 4.32. The van der Waals surface area contributed by atoms with Crippen LogP contribution in [0, 0.1) is 6.92 Å². The van der Waals surface area contributed by atoms with Crippen molar-refractivity contribution >= 4 is 0 Å². The van der Waals surface area contributed by atoms with E-state index in [0.717, 1.165) is 0 Å². The first kappa shape index (κ1) is 14.4. The van der Waals surface area contributed by atoms with E-state index in [1.165, 1.54) is 5.56 Å². The summed E-state index contributed by atoms with van der Waals surface area (Å²) >= 11 is 0. The Bertz CT molecular complexity index is 177. The van der Waals surface area contributed by atoms with Gasteiger partial charge in [0.1, 0.15) is 0 Å². The largest absolute Gasteiger partial charge is 0.394 e. The van der Waals surface area contributed by atoms with E-state index in [1.54, 1.807) is 13.8 Å². The Morgan fingerprint density at radius 1 is 1.08 bits per heavy atom.